The number of aromatic nitrogens is 3. The van der Waals surface area contributed by atoms with E-state index in [1.165, 1.54) is 0 Å². The van der Waals surface area contributed by atoms with E-state index in [-0.39, 0.29) is 11.9 Å². The number of pyridine rings is 1. The molecule has 0 aromatic carbocycles. The third-order valence-electron chi connectivity index (χ3n) is 4.27. The summed E-state index contributed by atoms with van der Waals surface area (Å²) >= 11 is 3.29. The number of hydrogen-bond acceptors (Lipinski definition) is 8. The summed E-state index contributed by atoms with van der Waals surface area (Å²) < 4.78 is 5.99. The Morgan fingerprint density at radius 1 is 1.31 bits per heavy atom. The van der Waals surface area contributed by atoms with Crippen LogP contribution < -0.4 is 10.2 Å². The van der Waals surface area contributed by atoms with Crippen molar-refractivity contribution in [3.05, 3.63) is 16.7 Å². The molecule has 2 aromatic rings. The summed E-state index contributed by atoms with van der Waals surface area (Å²) in [6.07, 6.45) is -0.394. The van der Waals surface area contributed by atoms with Crippen molar-refractivity contribution in [1.29, 1.82) is 0 Å². The molecule has 0 radical (unpaired) electrons. The molecule has 2 aromatic heterocycles. The second-order valence-corrected chi connectivity index (χ2v) is 8.54. The average Bonchev–Trinajstić information content (AvgIpc) is 2.59. The number of amides is 2. The van der Waals surface area contributed by atoms with Gasteiger partial charge in [-0.2, -0.15) is 0 Å². The van der Waals surface area contributed by atoms with Gasteiger partial charge in [0.15, 0.2) is 17.3 Å². The van der Waals surface area contributed by atoms with Crippen LogP contribution in [0.1, 0.15) is 20.8 Å². The molecule has 0 aliphatic carbocycles. The molecule has 2 N–H and O–H groups in total. The third kappa shape index (κ3) is 4.91. The Kier molecular flexibility index (Phi) is 5.90. The number of anilines is 2. The molecule has 0 spiro atoms. The van der Waals surface area contributed by atoms with Crippen LogP contribution in [0.5, 0.6) is 0 Å². The lowest BCUT2D eigenvalue weighted by Gasteiger charge is -2.44. The average molecular weight is 467 g/mol. The molecule has 1 fully saturated rings. The molecule has 0 bridgehead atoms. The summed E-state index contributed by atoms with van der Waals surface area (Å²) in [5.74, 6) is 0.0654. The quantitative estimate of drug-likeness (QED) is 0.653. The first kappa shape index (κ1) is 21.2. The van der Waals surface area contributed by atoms with E-state index in [9.17, 15) is 9.59 Å². The second-order valence-electron chi connectivity index (χ2n) is 7.73. The highest BCUT2D eigenvalue weighted by Gasteiger charge is 2.36. The van der Waals surface area contributed by atoms with Crippen LogP contribution >= 0.6 is 15.9 Å². The number of nitrogens with one attached hydrogen (secondary N) is 1. The molecule has 1 saturated heterocycles. The van der Waals surface area contributed by atoms with Gasteiger partial charge in [-0.15, -0.1) is 0 Å². The number of aliphatic hydroxyl groups is 1. The molecule has 156 valence electrons. The molecule has 0 atom stereocenters. The highest BCUT2D eigenvalue weighted by atomic mass is 79.9. The van der Waals surface area contributed by atoms with Gasteiger partial charge in [-0.05, 0) is 48.8 Å². The fraction of sp³-hybridized carbons (Fsp3) is 0.500. The maximum atomic E-state index is 12.3. The summed E-state index contributed by atoms with van der Waals surface area (Å²) in [6.45, 7) is 5.79. The van der Waals surface area contributed by atoms with E-state index in [2.05, 4.69) is 36.2 Å². The van der Waals surface area contributed by atoms with Gasteiger partial charge in [-0.1, -0.05) is 0 Å². The fourth-order valence-electron chi connectivity index (χ4n) is 2.74. The van der Waals surface area contributed by atoms with Crippen molar-refractivity contribution >= 4 is 50.7 Å². The van der Waals surface area contributed by atoms with Gasteiger partial charge in [-0.3, -0.25) is 4.79 Å². The lowest BCUT2D eigenvalue weighted by molar-refractivity contribution is -0.118. The maximum absolute atomic E-state index is 12.3. The van der Waals surface area contributed by atoms with Gasteiger partial charge in [0.05, 0.1) is 6.04 Å². The van der Waals surface area contributed by atoms with Crippen molar-refractivity contribution in [3.8, 4) is 0 Å². The Hall–Kier alpha value is -2.53. The molecular weight excluding hydrogens is 444 g/mol. The summed E-state index contributed by atoms with van der Waals surface area (Å²) in [4.78, 5) is 40.6. The molecule has 10 nitrogen and oxygen atoms in total. The van der Waals surface area contributed by atoms with E-state index in [1.54, 1.807) is 24.1 Å². The van der Waals surface area contributed by atoms with Crippen LogP contribution in [0.4, 0.5) is 16.4 Å². The topological polar surface area (TPSA) is 121 Å². The largest absolute Gasteiger partial charge is 0.444 e. The minimum atomic E-state index is -0.672. The lowest BCUT2D eigenvalue weighted by atomic mass is 10.1. The van der Waals surface area contributed by atoms with Crippen LogP contribution in [-0.4, -0.2) is 75.3 Å². The van der Waals surface area contributed by atoms with E-state index in [0.29, 0.717) is 34.7 Å². The van der Waals surface area contributed by atoms with E-state index in [0.717, 1.165) is 0 Å². The zero-order valence-electron chi connectivity index (χ0n) is 16.6. The van der Waals surface area contributed by atoms with Crippen LogP contribution in [-0.2, 0) is 9.53 Å². The van der Waals surface area contributed by atoms with E-state index in [4.69, 9.17) is 9.84 Å². The molecule has 0 saturated carbocycles. The molecule has 29 heavy (non-hydrogen) atoms. The van der Waals surface area contributed by atoms with Crippen molar-refractivity contribution in [1.82, 2.24) is 19.9 Å². The number of fused-ring (bicyclic) bond motifs is 1. The number of ether oxygens (including phenoxy) is 1. The number of carbonyl (C=O) groups excluding carboxylic acids is 2. The smallest absolute Gasteiger partial charge is 0.410 e. The Morgan fingerprint density at radius 3 is 2.62 bits per heavy atom. The van der Waals surface area contributed by atoms with Crippen molar-refractivity contribution in [2.24, 2.45) is 0 Å². The number of likely N-dealkylation sites (N-methyl/N-ethyl adjacent to an activating group) is 1. The highest BCUT2D eigenvalue weighted by Crippen LogP contribution is 2.30. The van der Waals surface area contributed by atoms with E-state index >= 15 is 0 Å². The number of aliphatic hydroxyl groups excluding tert-OH is 1. The highest BCUT2D eigenvalue weighted by molar-refractivity contribution is 9.10. The first-order chi connectivity index (χ1) is 13.6. The molecule has 2 amide bonds. The normalized spacial score (nSPS) is 14.5. The Balaban J connectivity index is 1.80. The standard InChI is InChI=1S/C18H23BrN6O4/c1-18(2,3)29-17(28)24(4)10-7-25(8-10)16-15(22-13(27)9-26)23-14-11(20-16)5-6-12(19)21-14/h5-6,10,26H,7-9H2,1-4H3,(H,21,22,23,27). The minimum absolute atomic E-state index is 0.0632. The Bertz CT molecular complexity index is 942. The minimum Gasteiger partial charge on any atom is -0.444 e. The molecule has 3 heterocycles. The Morgan fingerprint density at radius 2 is 2.00 bits per heavy atom. The predicted molar refractivity (Wildman–Crippen MR) is 111 cm³/mol. The molecule has 3 rings (SSSR count). The van der Waals surface area contributed by atoms with Crippen LogP contribution in [0.3, 0.4) is 0 Å². The van der Waals surface area contributed by atoms with E-state index < -0.39 is 24.2 Å². The fourth-order valence-corrected chi connectivity index (χ4v) is 3.04. The van der Waals surface area contributed by atoms with Crippen LogP contribution in [0.2, 0.25) is 0 Å². The van der Waals surface area contributed by atoms with Gasteiger partial charge < -0.3 is 25.0 Å². The SMILES string of the molecule is CN(C(=O)OC(C)(C)C)C1CN(c2nc3ccc(Br)nc3nc2NC(=O)CO)C1. The first-order valence-corrected chi connectivity index (χ1v) is 9.82. The van der Waals surface area contributed by atoms with Gasteiger partial charge in [0, 0.05) is 20.1 Å². The lowest BCUT2D eigenvalue weighted by Crippen LogP contribution is -2.60. The number of rotatable bonds is 4. The number of hydrogen-bond donors (Lipinski definition) is 2. The van der Waals surface area contributed by atoms with Gasteiger partial charge in [0.1, 0.15) is 22.3 Å². The third-order valence-corrected chi connectivity index (χ3v) is 4.71. The van der Waals surface area contributed by atoms with Gasteiger partial charge in [0.2, 0.25) is 0 Å². The number of carbonyl (C=O) groups is 2. The monoisotopic (exact) mass is 466 g/mol. The summed E-state index contributed by atoms with van der Waals surface area (Å²) in [7, 11) is 1.69. The van der Waals surface area contributed by atoms with Gasteiger partial charge in [0.25, 0.3) is 5.91 Å². The van der Waals surface area contributed by atoms with Crippen LogP contribution in [0.15, 0.2) is 16.7 Å². The zero-order valence-corrected chi connectivity index (χ0v) is 18.2. The van der Waals surface area contributed by atoms with Gasteiger partial charge in [-0.25, -0.2) is 19.7 Å². The molecule has 0 unspecified atom stereocenters. The summed E-state index contributed by atoms with van der Waals surface area (Å²) in [5.41, 5.74) is 0.357. The first-order valence-electron chi connectivity index (χ1n) is 9.03. The van der Waals surface area contributed by atoms with Gasteiger partial charge >= 0.3 is 6.09 Å². The second kappa shape index (κ2) is 8.07. The zero-order chi connectivity index (χ0) is 21.3. The van der Waals surface area contributed by atoms with Crippen LogP contribution in [0, 0.1) is 0 Å². The molecule has 1 aliphatic heterocycles. The van der Waals surface area contributed by atoms with Crippen molar-refractivity contribution in [3.63, 3.8) is 0 Å². The molecule has 11 heteroatoms. The summed E-state index contributed by atoms with van der Waals surface area (Å²) in [6, 6.07) is 3.46. The maximum Gasteiger partial charge on any atom is 0.410 e. The Labute approximate surface area is 176 Å². The van der Waals surface area contributed by atoms with Crippen LogP contribution in [0.25, 0.3) is 11.2 Å². The molecule has 1 aliphatic rings. The summed E-state index contributed by atoms with van der Waals surface area (Å²) in [5, 5.41) is 11.6. The number of nitrogens with zero attached hydrogens (tertiary/aromatic N) is 5. The molecular formula is C18H23BrN6O4. The number of halogens is 1. The van der Waals surface area contributed by atoms with Crippen molar-refractivity contribution in [2.45, 2.75) is 32.4 Å². The van der Waals surface area contributed by atoms with Crippen molar-refractivity contribution in [2.75, 3.05) is 37.0 Å². The van der Waals surface area contributed by atoms with Crippen molar-refractivity contribution < 1.29 is 19.4 Å². The van der Waals surface area contributed by atoms with E-state index in [1.807, 2.05) is 25.7 Å². The predicted octanol–water partition coefficient (Wildman–Crippen LogP) is 1.77.